The van der Waals surface area contributed by atoms with Gasteiger partial charge in [0.2, 0.25) is 0 Å². The first-order valence-electron chi connectivity index (χ1n) is 10.7. The highest BCUT2D eigenvalue weighted by Gasteiger charge is 2.40. The van der Waals surface area contributed by atoms with Gasteiger partial charge in [-0.05, 0) is 78.6 Å². The molecule has 0 aliphatic carbocycles. The molecule has 0 saturated carbocycles. The van der Waals surface area contributed by atoms with Crippen LogP contribution in [0.4, 0.5) is 0 Å². The van der Waals surface area contributed by atoms with Crippen molar-refractivity contribution in [1.29, 1.82) is 0 Å². The van der Waals surface area contributed by atoms with E-state index in [2.05, 4.69) is 44.4 Å². The molecule has 0 amide bonds. The van der Waals surface area contributed by atoms with Gasteiger partial charge in [-0.2, -0.15) is 0 Å². The molecule has 0 rings (SSSR count). The maximum atomic E-state index is 13.6. The summed E-state index contributed by atoms with van der Waals surface area (Å²) in [5.41, 5.74) is 0. The predicted molar refractivity (Wildman–Crippen MR) is 139 cm³/mol. The molecular weight excluding hydrogens is 486 g/mol. The summed E-state index contributed by atoms with van der Waals surface area (Å²) >= 11 is 0. The Morgan fingerprint density at radius 1 is 0.742 bits per heavy atom. The molecule has 0 radical (unpaired) electrons. The Morgan fingerprint density at radius 2 is 1.16 bits per heavy atom. The van der Waals surface area contributed by atoms with Crippen molar-refractivity contribution >= 4 is 47.3 Å². The summed E-state index contributed by atoms with van der Waals surface area (Å²) in [5, 5.41) is 3.86. The SMILES string of the molecule is CO/N=C/CC(O[Si](C)(C)C)C(COP(=O)(O[Si](C)(C)C)O[Si](C)(C)C)O[Si](C)(C)C. The van der Waals surface area contributed by atoms with Gasteiger partial charge in [-0.25, -0.2) is 4.57 Å². The summed E-state index contributed by atoms with van der Waals surface area (Å²) in [6.07, 6.45) is 1.40. The Hall–Kier alpha value is 0.368. The fraction of sp³-hybridized carbons (Fsp3) is 0.944. The number of hydrogen-bond donors (Lipinski definition) is 0. The Balaban J connectivity index is 5.84. The molecule has 0 aromatic heterocycles. The summed E-state index contributed by atoms with van der Waals surface area (Å²) < 4.78 is 44.2. The van der Waals surface area contributed by atoms with Crippen LogP contribution in [0.2, 0.25) is 78.6 Å². The first kappa shape index (κ1) is 31.4. The number of hydrogen-bond acceptors (Lipinski definition) is 8. The number of oxime groups is 1. The van der Waals surface area contributed by atoms with Crippen LogP contribution in [-0.4, -0.2) is 65.4 Å². The van der Waals surface area contributed by atoms with Crippen LogP contribution in [0, 0.1) is 0 Å². The van der Waals surface area contributed by atoms with Crippen LogP contribution in [-0.2, 0) is 31.2 Å². The van der Waals surface area contributed by atoms with E-state index in [4.69, 9.17) is 26.6 Å². The van der Waals surface area contributed by atoms with Crippen molar-refractivity contribution in [2.24, 2.45) is 5.16 Å². The molecule has 0 fully saturated rings. The topological polar surface area (TPSA) is 84.8 Å². The van der Waals surface area contributed by atoms with Gasteiger partial charge >= 0.3 is 7.82 Å². The number of phosphoric acid groups is 1. The minimum atomic E-state index is -3.75. The second-order valence-corrected chi connectivity index (χ2v) is 31.4. The number of nitrogens with zero attached hydrogens (tertiary/aromatic N) is 1. The second-order valence-electron chi connectivity index (χ2n) is 11.4. The van der Waals surface area contributed by atoms with Crippen molar-refractivity contribution in [3.8, 4) is 0 Å². The van der Waals surface area contributed by atoms with E-state index in [1.54, 1.807) is 6.21 Å². The van der Waals surface area contributed by atoms with Crippen LogP contribution in [0.3, 0.4) is 0 Å². The lowest BCUT2D eigenvalue weighted by atomic mass is 10.1. The van der Waals surface area contributed by atoms with Crippen LogP contribution in [0.25, 0.3) is 0 Å². The minimum absolute atomic E-state index is 0.0481. The molecule has 31 heavy (non-hydrogen) atoms. The van der Waals surface area contributed by atoms with E-state index in [1.807, 2.05) is 39.3 Å². The highest BCUT2D eigenvalue weighted by molar-refractivity contribution is 7.52. The van der Waals surface area contributed by atoms with Gasteiger partial charge in [0, 0.05) is 12.6 Å². The van der Waals surface area contributed by atoms with Gasteiger partial charge in [-0.3, -0.25) is 4.52 Å². The Kier molecular flexibility index (Phi) is 12.3. The van der Waals surface area contributed by atoms with Crippen LogP contribution in [0.1, 0.15) is 6.42 Å². The molecule has 2 unspecified atom stereocenters. The van der Waals surface area contributed by atoms with Gasteiger partial charge in [-0.15, -0.1) is 0 Å². The fourth-order valence-corrected chi connectivity index (χ4v) is 11.4. The second kappa shape index (κ2) is 12.2. The van der Waals surface area contributed by atoms with E-state index < -0.39 is 47.2 Å². The Morgan fingerprint density at radius 3 is 1.52 bits per heavy atom. The lowest BCUT2D eigenvalue weighted by Gasteiger charge is -2.37. The Bertz CT molecular complexity index is 590. The van der Waals surface area contributed by atoms with Gasteiger partial charge < -0.3 is 22.1 Å². The minimum Gasteiger partial charge on any atom is -0.412 e. The molecule has 0 bridgehead atoms. The fourth-order valence-electron chi connectivity index (χ4n) is 2.53. The first-order chi connectivity index (χ1) is 13.6. The molecule has 0 heterocycles. The largest absolute Gasteiger partial charge is 0.455 e. The number of rotatable bonds is 15. The van der Waals surface area contributed by atoms with Gasteiger partial charge in [0.05, 0.1) is 18.8 Å². The summed E-state index contributed by atoms with van der Waals surface area (Å²) in [4.78, 5) is 4.81. The maximum absolute atomic E-state index is 13.6. The van der Waals surface area contributed by atoms with Gasteiger partial charge in [0.25, 0.3) is 0 Å². The summed E-state index contributed by atoms with van der Waals surface area (Å²) in [6, 6.07) is 0. The summed E-state index contributed by atoms with van der Waals surface area (Å²) in [7, 11) is -10.5. The molecular formula is C18H46NO7PSi4. The lowest BCUT2D eigenvalue weighted by molar-refractivity contribution is 0.0112. The van der Waals surface area contributed by atoms with Crippen molar-refractivity contribution in [3.63, 3.8) is 0 Å². The van der Waals surface area contributed by atoms with Crippen molar-refractivity contribution in [2.45, 2.75) is 97.2 Å². The summed E-state index contributed by atoms with van der Waals surface area (Å²) in [5.74, 6) is 0. The zero-order valence-electron chi connectivity index (χ0n) is 21.9. The van der Waals surface area contributed by atoms with Crippen LogP contribution in [0.15, 0.2) is 5.16 Å². The monoisotopic (exact) mass is 531 g/mol. The van der Waals surface area contributed by atoms with Crippen LogP contribution < -0.4 is 0 Å². The third-order valence-corrected chi connectivity index (χ3v) is 11.8. The normalized spacial score (nSPS) is 16.5. The molecule has 0 spiro atoms. The lowest BCUT2D eigenvalue weighted by Crippen LogP contribution is -2.47. The van der Waals surface area contributed by atoms with E-state index >= 15 is 0 Å². The Labute approximate surface area is 194 Å². The van der Waals surface area contributed by atoms with Gasteiger partial charge in [0.15, 0.2) is 33.3 Å². The van der Waals surface area contributed by atoms with Crippen LogP contribution in [0.5, 0.6) is 0 Å². The molecule has 186 valence electrons. The van der Waals surface area contributed by atoms with Crippen molar-refractivity contribution in [3.05, 3.63) is 0 Å². The standard InChI is InChI=1S/C18H46NO7PSi4/c1-21-19-15-14-17(23-28(2,3)4)18(24-29(5,6)7)16-22-27(20,25-30(8,9)10)26-31(11,12)13/h15,17-18H,14,16H2,1-13H3/b19-15+. The smallest absolute Gasteiger partial charge is 0.412 e. The first-order valence-corrected chi connectivity index (χ1v) is 25.8. The van der Waals surface area contributed by atoms with E-state index in [-0.39, 0.29) is 12.7 Å². The molecule has 0 aromatic rings. The molecule has 0 aromatic carbocycles. The van der Waals surface area contributed by atoms with Crippen molar-refractivity contribution < 1.29 is 31.2 Å². The highest BCUT2D eigenvalue weighted by Crippen LogP contribution is 2.54. The molecule has 0 aliphatic heterocycles. The average Bonchev–Trinajstić information content (AvgIpc) is 2.44. The zero-order valence-corrected chi connectivity index (χ0v) is 26.8. The molecule has 0 aliphatic rings. The summed E-state index contributed by atoms with van der Waals surface area (Å²) in [6.45, 7) is 24.5. The molecule has 13 heteroatoms. The molecule has 0 saturated heterocycles. The van der Waals surface area contributed by atoms with Crippen molar-refractivity contribution in [1.82, 2.24) is 0 Å². The van der Waals surface area contributed by atoms with E-state index in [0.717, 1.165) is 0 Å². The molecule has 2 atom stereocenters. The molecule has 0 N–H and O–H groups in total. The van der Waals surface area contributed by atoms with Gasteiger partial charge in [-0.1, -0.05) is 5.16 Å². The third kappa shape index (κ3) is 17.5. The quantitative estimate of drug-likeness (QED) is 0.106. The van der Waals surface area contributed by atoms with Crippen molar-refractivity contribution in [2.75, 3.05) is 13.7 Å². The molecule has 8 nitrogen and oxygen atoms in total. The highest BCUT2D eigenvalue weighted by atomic mass is 31.2. The van der Waals surface area contributed by atoms with Crippen LogP contribution >= 0.6 is 7.82 Å². The van der Waals surface area contributed by atoms with E-state index in [1.165, 1.54) is 7.11 Å². The average molecular weight is 532 g/mol. The zero-order chi connectivity index (χ0) is 24.7. The van der Waals surface area contributed by atoms with E-state index in [9.17, 15) is 4.57 Å². The van der Waals surface area contributed by atoms with E-state index in [0.29, 0.717) is 6.42 Å². The third-order valence-electron chi connectivity index (χ3n) is 3.11. The predicted octanol–water partition coefficient (Wildman–Crippen LogP) is 6.28. The van der Waals surface area contributed by atoms with Gasteiger partial charge in [0.1, 0.15) is 7.11 Å². The maximum Gasteiger partial charge on any atom is 0.455 e.